The average molecular weight is 508 g/mol. The van der Waals surface area contributed by atoms with Crippen LogP contribution in [0.2, 0.25) is 0 Å². The minimum Gasteiger partial charge on any atom is -0.382 e. The molecule has 1 aliphatic carbocycles. The van der Waals surface area contributed by atoms with Gasteiger partial charge >= 0.3 is 0 Å². The highest BCUT2D eigenvalue weighted by Gasteiger charge is 2.33. The summed E-state index contributed by atoms with van der Waals surface area (Å²) in [5, 5.41) is 6.55. The smallest absolute Gasteiger partial charge is 0.229 e. The second-order valence-corrected chi connectivity index (χ2v) is 7.57. The molecule has 0 aromatic rings. The monoisotopic (exact) mass is 508 g/mol. The molecular weight excluding hydrogens is 471 g/mol. The standard InChI is InChI=1S/C20H36N4O3.HI/c1-3-21-19(22-13-14-24-17(25)8-7-9-18(24)26)23-16-20(10-5-6-11-20)12-15-27-4-2;/h3-16H2,1-2H3,(H2,21,22,23);1H. The summed E-state index contributed by atoms with van der Waals surface area (Å²) in [5.41, 5.74) is 0.246. The van der Waals surface area contributed by atoms with Crippen molar-refractivity contribution in [3.63, 3.8) is 0 Å². The number of hydrogen-bond donors (Lipinski definition) is 2. The summed E-state index contributed by atoms with van der Waals surface area (Å²) in [4.78, 5) is 30.0. The summed E-state index contributed by atoms with van der Waals surface area (Å²) in [6.45, 7) is 8.12. The Bertz CT molecular complexity index is 506. The second-order valence-electron chi connectivity index (χ2n) is 7.57. The van der Waals surface area contributed by atoms with E-state index in [4.69, 9.17) is 9.73 Å². The van der Waals surface area contributed by atoms with Crippen LogP contribution in [0.1, 0.15) is 65.2 Å². The highest BCUT2D eigenvalue weighted by molar-refractivity contribution is 14.0. The molecular formula is C20H37IN4O3. The number of amides is 2. The van der Waals surface area contributed by atoms with Gasteiger partial charge in [-0.2, -0.15) is 0 Å². The number of imide groups is 1. The normalized spacial score (nSPS) is 19.5. The van der Waals surface area contributed by atoms with Gasteiger partial charge < -0.3 is 15.4 Å². The minimum absolute atomic E-state index is 0. The van der Waals surface area contributed by atoms with Crippen LogP contribution >= 0.6 is 24.0 Å². The number of ether oxygens (including phenoxy) is 1. The number of halogens is 1. The van der Waals surface area contributed by atoms with Gasteiger partial charge in [0.2, 0.25) is 11.8 Å². The molecule has 1 saturated carbocycles. The van der Waals surface area contributed by atoms with Gasteiger partial charge in [0.15, 0.2) is 5.96 Å². The Morgan fingerprint density at radius 2 is 1.79 bits per heavy atom. The molecule has 28 heavy (non-hydrogen) atoms. The molecule has 0 atom stereocenters. The molecule has 0 radical (unpaired) electrons. The number of aliphatic imine (C=N–C) groups is 1. The Labute approximate surface area is 186 Å². The molecule has 0 bridgehead atoms. The summed E-state index contributed by atoms with van der Waals surface area (Å²) in [6, 6.07) is 0. The van der Waals surface area contributed by atoms with Crippen LogP contribution in [-0.2, 0) is 14.3 Å². The van der Waals surface area contributed by atoms with Gasteiger partial charge in [-0.05, 0) is 44.9 Å². The van der Waals surface area contributed by atoms with E-state index >= 15 is 0 Å². The molecule has 1 heterocycles. The van der Waals surface area contributed by atoms with E-state index in [1.807, 2.05) is 13.8 Å². The topological polar surface area (TPSA) is 83.0 Å². The van der Waals surface area contributed by atoms with Gasteiger partial charge in [0.1, 0.15) is 0 Å². The first-order valence-electron chi connectivity index (χ1n) is 10.5. The SMILES string of the molecule is CCNC(=NCC1(CCOCC)CCCC1)NCCN1C(=O)CCCC1=O.I. The number of rotatable bonds is 10. The van der Waals surface area contributed by atoms with Crippen LogP contribution in [0.15, 0.2) is 4.99 Å². The third kappa shape index (κ3) is 7.85. The molecule has 7 nitrogen and oxygen atoms in total. The van der Waals surface area contributed by atoms with Crippen molar-refractivity contribution in [1.29, 1.82) is 0 Å². The molecule has 162 valence electrons. The summed E-state index contributed by atoms with van der Waals surface area (Å²) in [5.74, 6) is 0.642. The Hall–Kier alpha value is -0.900. The molecule has 2 aliphatic rings. The maximum absolute atomic E-state index is 11.9. The number of piperidine rings is 1. The molecule has 2 N–H and O–H groups in total. The Kier molecular flexibility index (Phi) is 12.0. The molecule has 1 saturated heterocycles. The van der Waals surface area contributed by atoms with Crippen LogP contribution in [0.5, 0.6) is 0 Å². The van der Waals surface area contributed by atoms with Crippen molar-refractivity contribution in [2.45, 2.75) is 65.2 Å². The van der Waals surface area contributed by atoms with Crippen LogP contribution in [0.4, 0.5) is 0 Å². The van der Waals surface area contributed by atoms with Gasteiger partial charge in [-0.3, -0.25) is 19.5 Å². The number of nitrogens with zero attached hydrogens (tertiary/aromatic N) is 2. The molecule has 1 aliphatic heterocycles. The van der Waals surface area contributed by atoms with Gasteiger partial charge in [0, 0.05) is 52.2 Å². The lowest BCUT2D eigenvalue weighted by Crippen LogP contribution is -2.46. The number of hydrogen-bond acceptors (Lipinski definition) is 4. The van der Waals surface area contributed by atoms with Crippen molar-refractivity contribution < 1.29 is 14.3 Å². The zero-order valence-corrected chi connectivity index (χ0v) is 19.8. The summed E-state index contributed by atoms with van der Waals surface area (Å²) in [6.07, 6.45) is 7.63. The van der Waals surface area contributed by atoms with Gasteiger partial charge in [-0.1, -0.05) is 12.8 Å². The second kappa shape index (κ2) is 13.3. The zero-order valence-electron chi connectivity index (χ0n) is 17.4. The van der Waals surface area contributed by atoms with Gasteiger partial charge in [0.05, 0.1) is 0 Å². The molecule has 2 rings (SSSR count). The fourth-order valence-corrected chi connectivity index (χ4v) is 3.97. The molecule has 0 aromatic carbocycles. The van der Waals surface area contributed by atoms with E-state index < -0.39 is 0 Å². The molecule has 2 fully saturated rings. The largest absolute Gasteiger partial charge is 0.382 e. The number of carbonyl (C=O) groups is 2. The third-order valence-corrected chi connectivity index (χ3v) is 5.57. The number of guanidine groups is 1. The van der Waals surface area contributed by atoms with Crippen molar-refractivity contribution >= 4 is 41.8 Å². The lowest BCUT2D eigenvalue weighted by molar-refractivity contribution is -0.147. The first kappa shape index (κ1) is 25.1. The van der Waals surface area contributed by atoms with Gasteiger partial charge in [-0.15, -0.1) is 24.0 Å². The Morgan fingerprint density at radius 3 is 2.39 bits per heavy atom. The van der Waals surface area contributed by atoms with Crippen LogP contribution in [0, 0.1) is 5.41 Å². The first-order valence-corrected chi connectivity index (χ1v) is 10.5. The predicted molar refractivity (Wildman–Crippen MR) is 122 cm³/mol. The number of carbonyl (C=O) groups excluding carboxylic acids is 2. The fraction of sp³-hybridized carbons (Fsp3) is 0.850. The van der Waals surface area contributed by atoms with Crippen LogP contribution in [-0.4, -0.2) is 62.1 Å². The van der Waals surface area contributed by atoms with E-state index in [9.17, 15) is 9.59 Å². The molecule has 0 unspecified atom stereocenters. The van der Waals surface area contributed by atoms with E-state index in [2.05, 4.69) is 10.6 Å². The van der Waals surface area contributed by atoms with Gasteiger partial charge in [-0.25, -0.2) is 0 Å². The zero-order chi connectivity index (χ0) is 19.5. The quantitative estimate of drug-likeness (QED) is 0.156. The maximum Gasteiger partial charge on any atom is 0.229 e. The maximum atomic E-state index is 11.9. The van der Waals surface area contributed by atoms with Crippen LogP contribution in [0.3, 0.4) is 0 Å². The first-order chi connectivity index (χ1) is 13.1. The Balaban J connectivity index is 0.00000392. The minimum atomic E-state index is -0.0594. The summed E-state index contributed by atoms with van der Waals surface area (Å²) in [7, 11) is 0. The van der Waals surface area contributed by atoms with Crippen molar-refractivity contribution in [3.05, 3.63) is 0 Å². The van der Waals surface area contributed by atoms with Crippen LogP contribution < -0.4 is 10.6 Å². The van der Waals surface area contributed by atoms with Crippen molar-refractivity contribution in [2.75, 3.05) is 39.4 Å². The predicted octanol–water partition coefficient (Wildman–Crippen LogP) is 2.69. The third-order valence-electron chi connectivity index (χ3n) is 5.57. The van der Waals surface area contributed by atoms with Crippen LogP contribution in [0.25, 0.3) is 0 Å². The molecule has 0 aromatic heterocycles. The van der Waals surface area contributed by atoms with Crippen molar-refractivity contribution in [2.24, 2.45) is 10.4 Å². The highest BCUT2D eigenvalue weighted by Crippen LogP contribution is 2.41. The molecule has 8 heteroatoms. The van der Waals surface area contributed by atoms with E-state index in [-0.39, 0.29) is 41.2 Å². The highest BCUT2D eigenvalue weighted by atomic mass is 127. The van der Waals surface area contributed by atoms with E-state index in [1.165, 1.54) is 30.6 Å². The fourth-order valence-electron chi connectivity index (χ4n) is 3.97. The molecule has 2 amide bonds. The summed E-state index contributed by atoms with van der Waals surface area (Å²) >= 11 is 0. The van der Waals surface area contributed by atoms with E-state index in [1.54, 1.807) is 0 Å². The summed E-state index contributed by atoms with van der Waals surface area (Å²) < 4.78 is 5.58. The van der Waals surface area contributed by atoms with Crippen molar-refractivity contribution in [1.82, 2.24) is 15.5 Å². The Morgan fingerprint density at radius 1 is 1.11 bits per heavy atom. The molecule has 0 spiro atoms. The van der Waals surface area contributed by atoms with E-state index in [0.29, 0.717) is 32.4 Å². The lowest BCUT2D eigenvalue weighted by Gasteiger charge is -2.28. The average Bonchev–Trinajstić information content (AvgIpc) is 3.11. The van der Waals surface area contributed by atoms with Gasteiger partial charge in [0.25, 0.3) is 0 Å². The van der Waals surface area contributed by atoms with E-state index in [0.717, 1.165) is 38.7 Å². The van der Waals surface area contributed by atoms with Crippen molar-refractivity contribution in [3.8, 4) is 0 Å². The lowest BCUT2D eigenvalue weighted by atomic mass is 9.83. The number of likely N-dealkylation sites (tertiary alicyclic amines) is 1. The number of nitrogens with one attached hydrogen (secondary N) is 2.